The van der Waals surface area contributed by atoms with Gasteiger partial charge in [-0.2, -0.15) is 0 Å². The molecule has 1 aliphatic rings. The molecular formula is C26H32I2N6O7. The largest absolute Gasteiger partial charge is 0.394 e. The van der Waals surface area contributed by atoms with Crippen LogP contribution in [0.4, 0.5) is 0 Å². The van der Waals surface area contributed by atoms with Crippen LogP contribution in [0.5, 0.6) is 0 Å². The molecule has 1 unspecified atom stereocenters. The van der Waals surface area contributed by atoms with Gasteiger partial charge in [0.25, 0.3) is 11.5 Å². The molecule has 1 saturated heterocycles. The molecule has 15 heteroatoms. The Labute approximate surface area is 263 Å². The highest BCUT2D eigenvalue weighted by Gasteiger charge is 2.38. The molecule has 222 valence electrons. The molecular weight excluding hydrogens is 760 g/mol. The van der Waals surface area contributed by atoms with Gasteiger partial charge in [0.2, 0.25) is 0 Å². The molecule has 41 heavy (non-hydrogen) atoms. The zero-order chi connectivity index (χ0) is 29.5. The summed E-state index contributed by atoms with van der Waals surface area (Å²) in [5, 5.41) is 12.7. The van der Waals surface area contributed by atoms with Crippen molar-refractivity contribution in [2.45, 2.75) is 45.0 Å². The number of halogens is 2. The molecule has 0 radical (unpaired) electrons. The number of carbonyl (C=O) groups is 1. The summed E-state index contributed by atoms with van der Waals surface area (Å²) < 4.78 is 20.4. The van der Waals surface area contributed by atoms with Gasteiger partial charge < -0.3 is 24.6 Å². The van der Waals surface area contributed by atoms with E-state index in [1.165, 1.54) is 17.0 Å². The van der Waals surface area contributed by atoms with Crippen molar-refractivity contribution in [1.82, 2.24) is 29.7 Å². The third-order valence-corrected chi connectivity index (χ3v) is 8.06. The highest BCUT2D eigenvalue weighted by atomic mass is 127. The second-order valence-corrected chi connectivity index (χ2v) is 11.8. The van der Waals surface area contributed by atoms with Gasteiger partial charge in [-0.3, -0.25) is 29.0 Å². The zero-order valence-electron chi connectivity index (χ0n) is 22.6. The third-order valence-electron chi connectivity index (χ3n) is 6.62. The molecule has 0 spiro atoms. The number of ether oxygens (including phenoxy) is 3. The zero-order valence-corrected chi connectivity index (χ0v) is 26.9. The number of H-pyrrole nitrogens is 1. The first-order valence-electron chi connectivity index (χ1n) is 13.2. The molecule has 3 heterocycles. The number of aliphatic hydroxyl groups is 1. The average Bonchev–Trinajstić information content (AvgIpc) is 3.35. The Hall–Kier alpha value is -2.03. The predicted octanol–water partition coefficient (Wildman–Crippen LogP) is 1.47. The number of likely N-dealkylation sites (N-methyl/N-ethyl adjacent to an activating group) is 1. The summed E-state index contributed by atoms with van der Waals surface area (Å²) in [5.74, 6) is -0.276. The number of hydrogen-bond donors (Lipinski definition) is 3. The lowest BCUT2D eigenvalue weighted by molar-refractivity contribution is -0.176. The summed E-state index contributed by atoms with van der Waals surface area (Å²) in [6.45, 7) is 6.33. The van der Waals surface area contributed by atoms with Gasteiger partial charge in [0.1, 0.15) is 18.0 Å². The Kier molecular flexibility index (Phi) is 11.6. The van der Waals surface area contributed by atoms with Crippen LogP contribution in [-0.4, -0.2) is 93.3 Å². The van der Waals surface area contributed by atoms with E-state index in [1.54, 1.807) is 6.92 Å². The smallest absolute Gasteiger partial charge is 0.330 e. The molecule has 4 rings (SSSR count). The summed E-state index contributed by atoms with van der Waals surface area (Å²) in [4.78, 5) is 49.6. The van der Waals surface area contributed by atoms with Gasteiger partial charge in [0.15, 0.2) is 6.29 Å². The van der Waals surface area contributed by atoms with E-state index in [0.29, 0.717) is 41.7 Å². The molecule has 1 aromatic carbocycles. The van der Waals surface area contributed by atoms with Gasteiger partial charge in [-0.1, -0.05) is 6.92 Å². The number of carbonyl (C=O) groups excluding carboxylic acids is 1. The monoisotopic (exact) mass is 792 g/mol. The maximum absolute atomic E-state index is 12.6. The lowest BCUT2D eigenvalue weighted by Gasteiger charge is -2.24. The molecule has 4 atom stereocenters. The number of aromatic nitrogens is 4. The minimum atomic E-state index is -0.683. The van der Waals surface area contributed by atoms with Crippen LogP contribution in [0.25, 0.3) is 11.0 Å². The van der Waals surface area contributed by atoms with Crippen LogP contribution in [0.2, 0.25) is 0 Å². The van der Waals surface area contributed by atoms with Crippen molar-refractivity contribution in [3.05, 3.63) is 64.3 Å². The summed E-state index contributed by atoms with van der Waals surface area (Å²) in [6.07, 6.45) is 0.808. The summed E-state index contributed by atoms with van der Waals surface area (Å²) >= 11 is 4.05. The second kappa shape index (κ2) is 14.9. The minimum absolute atomic E-state index is 0.274. The average molecular weight is 792 g/mol. The molecule has 0 aliphatic carbocycles. The normalized spacial score (nSPS) is 19.6. The fourth-order valence-electron chi connectivity index (χ4n) is 4.43. The highest BCUT2D eigenvalue weighted by Crippen LogP contribution is 2.30. The van der Waals surface area contributed by atoms with Gasteiger partial charge in [0.05, 0.1) is 40.1 Å². The molecule has 0 bridgehead atoms. The SMILES string of the molecule is CCN(CCNC(=O)c1cnc2cc(I)ccc2n1)CCOC(C)O[C@H]1C[C@H](n2cc([125I])c(=O)[nH]c2=O)O[C@@H]1CO. The first kappa shape index (κ1) is 31.9. The standard InChI is InChI=1S/C26H32I2N6O7/c1-3-33(7-6-29-25(37)20-12-30-19-10-16(27)4-5-18(19)31-20)8-9-39-15(2)40-21-11-23(41-22(21)14-35)34-13-17(28)24(36)32-26(34)38/h4-5,10,12-13,15,21-23,35H,3,6-9,11,14H2,1-2H3,(H,29,37)(H,32,36,38)/t15?,21-,22+,23+/m0/s1/i28-2. The first-order valence-corrected chi connectivity index (χ1v) is 15.3. The van der Waals surface area contributed by atoms with E-state index in [2.05, 4.69) is 47.8 Å². The van der Waals surface area contributed by atoms with E-state index in [9.17, 15) is 19.5 Å². The summed E-state index contributed by atoms with van der Waals surface area (Å²) in [6, 6.07) is 5.69. The second-order valence-electron chi connectivity index (χ2n) is 9.38. The Balaban J connectivity index is 1.20. The summed E-state index contributed by atoms with van der Waals surface area (Å²) in [7, 11) is 0. The van der Waals surface area contributed by atoms with Gasteiger partial charge in [-0.05, 0) is 76.8 Å². The number of fused-ring (bicyclic) bond motifs is 1. The number of amides is 1. The number of rotatable bonds is 13. The Morgan fingerprint density at radius 2 is 2.17 bits per heavy atom. The van der Waals surface area contributed by atoms with Crippen molar-refractivity contribution in [1.29, 1.82) is 0 Å². The third kappa shape index (κ3) is 8.51. The molecule has 3 N–H and O–H groups in total. The van der Waals surface area contributed by atoms with Gasteiger partial charge in [0, 0.05) is 35.8 Å². The number of aliphatic hydroxyl groups excluding tert-OH is 1. The maximum atomic E-state index is 12.6. The molecule has 0 saturated carbocycles. The van der Waals surface area contributed by atoms with Crippen LogP contribution < -0.4 is 16.6 Å². The molecule has 1 amide bonds. The fraction of sp³-hybridized carbons (Fsp3) is 0.500. The Bertz CT molecular complexity index is 1470. The van der Waals surface area contributed by atoms with Gasteiger partial charge >= 0.3 is 5.69 Å². The Morgan fingerprint density at radius 1 is 1.37 bits per heavy atom. The van der Waals surface area contributed by atoms with E-state index in [-0.39, 0.29) is 18.2 Å². The minimum Gasteiger partial charge on any atom is -0.394 e. The van der Waals surface area contributed by atoms with Crippen molar-refractivity contribution in [3.63, 3.8) is 0 Å². The fourth-order valence-corrected chi connectivity index (χ4v) is 5.34. The lowest BCUT2D eigenvalue weighted by Crippen LogP contribution is -2.37. The van der Waals surface area contributed by atoms with E-state index in [0.717, 1.165) is 15.6 Å². The van der Waals surface area contributed by atoms with Crippen LogP contribution in [0, 0.1) is 7.14 Å². The van der Waals surface area contributed by atoms with Crippen LogP contribution in [0.1, 0.15) is 37.0 Å². The molecule has 2 aromatic heterocycles. The van der Waals surface area contributed by atoms with Crippen LogP contribution in [-0.2, 0) is 14.2 Å². The molecule has 13 nitrogen and oxygen atoms in total. The van der Waals surface area contributed by atoms with Gasteiger partial charge in [-0.15, -0.1) is 0 Å². The van der Waals surface area contributed by atoms with E-state index >= 15 is 0 Å². The van der Waals surface area contributed by atoms with Crippen LogP contribution in [0.3, 0.4) is 0 Å². The maximum Gasteiger partial charge on any atom is 0.330 e. The topological polar surface area (TPSA) is 161 Å². The number of hydrogen-bond acceptors (Lipinski definition) is 10. The quantitative estimate of drug-likeness (QED) is 0.171. The summed E-state index contributed by atoms with van der Waals surface area (Å²) in [5.41, 5.74) is 0.645. The lowest BCUT2D eigenvalue weighted by atomic mass is 10.2. The van der Waals surface area contributed by atoms with E-state index < -0.39 is 36.0 Å². The Morgan fingerprint density at radius 3 is 2.93 bits per heavy atom. The first-order chi connectivity index (χ1) is 19.7. The number of benzene rings is 1. The van der Waals surface area contributed by atoms with Crippen LogP contribution >= 0.6 is 45.2 Å². The van der Waals surface area contributed by atoms with Crippen molar-refractivity contribution in [2.24, 2.45) is 0 Å². The van der Waals surface area contributed by atoms with Crippen molar-refractivity contribution in [2.75, 3.05) is 39.4 Å². The van der Waals surface area contributed by atoms with Crippen molar-refractivity contribution < 1.29 is 24.1 Å². The van der Waals surface area contributed by atoms with E-state index in [4.69, 9.17) is 14.2 Å². The molecule has 3 aromatic rings. The predicted molar refractivity (Wildman–Crippen MR) is 167 cm³/mol. The van der Waals surface area contributed by atoms with E-state index in [1.807, 2.05) is 47.7 Å². The number of nitrogens with one attached hydrogen (secondary N) is 2. The van der Waals surface area contributed by atoms with Crippen molar-refractivity contribution >= 4 is 62.1 Å². The molecule has 1 fully saturated rings. The number of aromatic amines is 1. The highest BCUT2D eigenvalue weighted by molar-refractivity contribution is 14.1. The van der Waals surface area contributed by atoms with Crippen molar-refractivity contribution in [3.8, 4) is 0 Å². The van der Waals surface area contributed by atoms with Gasteiger partial charge in [-0.25, -0.2) is 9.78 Å². The number of nitrogens with zero attached hydrogens (tertiary/aromatic N) is 4. The van der Waals surface area contributed by atoms with Crippen LogP contribution in [0.15, 0.2) is 40.2 Å². The molecule has 1 aliphatic heterocycles.